The van der Waals surface area contributed by atoms with Crippen LogP contribution in [0.4, 0.5) is 13.2 Å². The molecule has 0 saturated carbocycles. The van der Waals surface area contributed by atoms with E-state index in [4.69, 9.17) is 0 Å². The van der Waals surface area contributed by atoms with Crippen LogP contribution in [0.2, 0.25) is 0 Å². The molecular formula is C7H11F3O3. The molecule has 0 rings (SSSR count). The average Bonchev–Trinajstić information content (AvgIpc) is 1.99. The van der Waals surface area contributed by atoms with Crippen LogP contribution in [-0.2, 0) is 14.3 Å². The largest absolute Gasteiger partial charge is 0.464 e. The molecule has 1 unspecified atom stereocenters. The Morgan fingerprint density at radius 3 is 2.38 bits per heavy atom. The lowest BCUT2D eigenvalue weighted by Gasteiger charge is -2.12. The first-order valence-corrected chi connectivity index (χ1v) is 3.71. The number of alkyl halides is 3. The highest BCUT2D eigenvalue weighted by molar-refractivity contribution is 5.74. The van der Waals surface area contributed by atoms with Gasteiger partial charge in [0.25, 0.3) is 0 Å². The third-order valence-electron chi connectivity index (χ3n) is 1.12. The molecule has 0 bridgehead atoms. The van der Waals surface area contributed by atoms with E-state index in [1.165, 1.54) is 6.92 Å². The maximum atomic E-state index is 11.6. The second-order valence-corrected chi connectivity index (χ2v) is 2.32. The molecule has 3 nitrogen and oxygen atoms in total. The summed E-state index contributed by atoms with van der Waals surface area (Å²) in [5.74, 6) is -0.785. The summed E-state index contributed by atoms with van der Waals surface area (Å²) in [7, 11) is 0. The number of hydrogen-bond donors (Lipinski definition) is 0. The third-order valence-corrected chi connectivity index (χ3v) is 1.12. The van der Waals surface area contributed by atoms with Gasteiger partial charge in [-0.3, -0.25) is 0 Å². The molecule has 13 heavy (non-hydrogen) atoms. The minimum atomic E-state index is -4.42. The second-order valence-electron chi connectivity index (χ2n) is 2.32. The Bertz CT molecular complexity index is 167. The molecule has 0 heterocycles. The fourth-order valence-electron chi connectivity index (χ4n) is 0.547. The van der Waals surface area contributed by atoms with Crippen LogP contribution in [0.5, 0.6) is 0 Å². The van der Waals surface area contributed by atoms with E-state index in [-0.39, 0.29) is 6.61 Å². The number of carbonyl (C=O) groups is 1. The van der Waals surface area contributed by atoms with Crippen LogP contribution >= 0.6 is 0 Å². The van der Waals surface area contributed by atoms with Gasteiger partial charge in [0.1, 0.15) is 6.61 Å². The number of esters is 1. The average molecular weight is 200 g/mol. The molecule has 0 spiro atoms. The van der Waals surface area contributed by atoms with Gasteiger partial charge in [0.05, 0.1) is 6.61 Å². The van der Waals surface area contributed by atoms with E-state index in [2.05, 4.69) is 9.47 Å². The van der Waals surface area contributed by atoms with E-state index in [1.807, 2.05) is 0 Å². The first-order valence-electron chi connectivity index (χ1n) is 3.71. The summed E-state index contributed by atoms with van der Waals surface area (Å²) in [5.41, 5.74) is 0. The second kappa shape index (κ2) is 5.06. The molecule has 1 atom stereocenters. The SMILES string of the molecule is CCOC(=O)C(C)OCC(F)(F)F. The fraction of sp³-hybridized carbons (Fsp3) is 0.857. The van der Waals surface area contributed by atoms with Gasteiger partial charge < -0.3 is 9.47 Å². The van der Waals surface area contributed by atoms with Crippen molar-refractivity contribution in [3.63, 3.8) is 0 Å². The molecule has 0 aromatic carbocycles. The van der Waals surface area contributed by atoms with Crippen molar-refractivity contribution < 1.29 is 27.4 Å². The predicted molar refractivity (Wildman–Crippen MR) is 38.1 cm³/mol. The summed E-state index contributed by atoms with van der Waals surface area (Å²) in [5, 5.41) is 0. The Labute approximate surface area is 73.8 Å². The van der Waals surface area contributed by atoms with Crippen molar-refractivity contribution in [2.24, 2.45) is 0 Å². The molecule has 0 aromatic rings. The van der Waals surface area contributed by atoms with E-state index >= 15 is 0 Å². The number of rotatable bonds is 4. The van der Waals surface area contributed by atoms with Crippen LogP contribution in [0.3, 0.4) is 0 Å². The summed E-state index contributed by atoms with van der Waals surface area (Å²) in [6, 6.07) is 0. The van der Waals surface area contributed by atoms with E-state index < -0.39 is 24.9 Å². The first kappa shape index (κ1) is 12.2. The minimum Gasteiger partial charge on any atom is -0.464 e. The van der Waals surface area contributed by atoms with Crippen molar-refractivity contribution in [1.29, 1.82) is 0 Å². The van der Waals surface area contributed by atoms with Crippen molar-refractivity contribution in [1.82, 2.24) is 0 Å². The summed E-state index contributed by atoms with van der Waals surface area (Å²) >= 11 is 0. The van der Waals surface area contributed by atoms with Gasteiger partial charge in [0.15, 0.2) is 6.10 Å². The number of carbonyl (C=O) groups excluding carboxylic acids is 1. The summed E-state index contributed by atoms with van der Waals surface area (Å²) in [4.78, 5) is 10.7. The molecule has 0 aliphatic rings. The zero-order chi connectivity index (χ0) is 10.5. The number of hydrogen-bond acceptors (Lipinski definition) is 3. The van der Waals surface area contributed by atoms with Crippen LogP contribution in [0.15, 0.2) is 0 Å². The highest BCUT2D eigenvalue weighted by atomic mass is 19.4. The lowest BCUT2D eigenvalue weighted by Crippen LogP contribution is -2.28. The molecule has 0 aromatic heterocycles. The van der Waals surface area contributed by atoms with Gasteiger partial charge in [-0.2, -0.15) is 13.2 Å². The Hall–Kier alpha value is -0.780. The van der Waals surface area contributed by atoms with E-state index in [0.29, 0.717) is 0 Å². The molecule has 78 valence electrons. The number of ether oxygens (including phenoxy) is 2. The molecule has 0 fully saturated rings. The van der Waals surface area contributed by atoms with Gasteiger partial charge in [-0.25, -0.2) is 4.79 Å². The topological polar surface area (TPSA) is 35.5 Å². The number of halogens is 3. The van der Waals surface area contributed by atoms with Gasteiger partial charge in [0.2, 0.25) is 0 Å². The highest BCUT2D eigenvalue weighted by Gasteiger charge is 2.30. The normalized spacial score (nSPS) is 13.9. The Balaban J connectivity index is 3.74. The molecule has 0 aliphatic carbocycles. The summed E-state index contributed by atoms with van der Waals surface area (Å²) in [6.45, 7) is 1.46. The van der Waals surface area contributed by atoms with Crippen molar-refractivity contribution in [2.75, 3.05) is 13.2 Å². The van der Waals surface area contributed by atoms with Crippen molar-refractivity contribution in [3.05, 3.63) is 0 Å². The third kappa shape index (κ3) is 6.39. The van der Waals surface area contributed by atoms with Crippen molar-refractivity contribution >= 4 is 5.97 Å². The molecule has 0 amide bonds. The van der Waals surface area contributed by atoms with Gasteiger partial charge in [0, 0.05) is 0 Å². The molecule has 0 saturated heterocycles. The van der Waals surface area contributed by atoms with Gasteiger partial charge in [-0.15, -0.1) is 0 Å². The molecule has 6 heteroatoms. The van der Waals surface area contributed by atoms with Gasteiger partial charge in [-0.1, -0.05) is 0 Å². The molecular weight excluding hydrogens is 189 g/mol. The van der Waals surface area contributed by atoms with E-state index in [9.17, 15) is 18.0 Å². The van der Waals surface area contributed by atoms with Crippen molar-refractivity contribution in [3.8, 4) is 0 Å². The molecule has 0 radical (unpaired) electrons. The van der Waals surface area contributed by atoms with Crippen LogP contribution in [-0.4, -0.2) is 31.5 Å². The van der Waals surface area contributed by atoms with E-state index in [0.717, 1.165) is 0 Å². The zero-order valence-corrected chi connectivity index (χ0v) is 7.35. The maximum Gasteiger partial charge on any atom is 0.411 e. The monoisotopic (exact) mass is 200 g/mol. The zero-order valence-electron chi connectivity index (χ0n) is 7.35. The fourth-order valence-corrected chi connectivity index (χ4v) is 0.547. The predicted octanol–water partition coefficient (Wildman–Crippen LogP) is 1.52. The van der Waals surface area contributed by atoms with Crippen molar-refractivity contribution in [2.45, 2.75) is 26.1 Å². The summed E-state index contributed by atoms with van der Waals surface area (Å²) in [6.07, 6.45) is -5.60. The molecule has 0 N–H and O–H groups in total. The highest BCUT2D eigenvalue weighted by Crippen LogP contribution is 2.15. The van der Waals surface area contributed by atoms with Crippen LogP contribution < -0.4 is 0 Å². The Kier molecular flexibility index (Phi) is 4.76. The maximum absolute atomic E-state index is 11.6. The lowest BCUT2D eigenvalue weighted by atomic mass is 10.4. The standard InChI is InChI=1S/C7H11F3O3/c1-3-12-6(11)5(2)13-4-7(8,9)10/h5H,3-4H2,1-2H3. The van der Waals surface area contributed by atoms with Crippen LogP contribution in [0.1, 0.15) is 13.8 Å². The minimum absolute atomic E-state index is 0.124. The van der Waals surface area contributed by atoms with Crippen LogP contribution in [0.25, 0.3) is 0 Å². The summed E-state index contributed by atoms with van der Waals surface area (Å²) < 4.78 is 43.4. The van der Waals surface area contributed by atoms with Gasteiger partial charge in [-0.05, 0) is 13.8 Å². The first-order chi connectivity index (χ1) is 5.87. The Morgan fingerprint density at radius 2 is 2.00 bits per heavy atom. The Morgan fingerprint density at radius 1 is 1.46 bits per heavy atom. The lowest BCUT2D eigenvalue weighted by molar-refractivity contribution is -0.192. The quantitative estimate of drug-likeness (QED) is 0.645. The van der Waals surface area contributed by atoms with Gasteiger partial charge >= 0.3 is 12.1 Å². The molecule has 0 aliphatic heterocycles. The smallest absolute Gasteiger partial charge is 0.411 e. The van der Waals surface area contributed by atoms with E-state index in [1.54, 1.807) is 6.92 Å². The van der Waals surface area contributed by atoms with Crippen LogP contribution in [0, 0.1) is 0 Å².